The highest BCUT2D eigenvalue weighted by Gasteiger charge is 2.18. The Kier molecular flexibility index (Phi) is 5.53. The maximum Gasteiger partial charge on any atom is 0.433 e. The van der Waals surface area contributed by atoms with Gasteiger partial charge in [0.25, 0.3) is 5.91 Å². The molecule has 0 aliphatic heterocycles. The van der Waals surface area contributed by atoms with E-state index < -0.39 is 22.6 Å². The van der Waals surface area contributed by atoms with Crippen LogP contribution in [0.5, 0.6) is 0 Å². The zero-order valence-electron chi connectivity index (χ0n) is 15.5. The minimum Gasteiger partial charge on any atom is -0.401 e. The number of aryl methyl sites for hydroxylation is 2. The predicted octanol–water partition coefficient (Wildman–Crippen LogP) is 1.24. The molecule has 0 radical (unpaired) electrons. The summed E-state index contributed by atoms with van der Waals surface area (Å²) >= 11 is 0. The maximum absolute atomic E-state index is 12.5. The first kappa shape index (κ1) is 19.5. The molecule has 0 atom stereocenters. The van der Waals surface area contributed by atoms with Crippen molar-refractivity contribution in [2.75, 3.05) is 5.32 Å². The number of amides is 2. The molecule has 0 aliphatic rings. The molecule has 0 unspecified atom stereocenters. The molecule has 0 saturated heterocycles. The number of hydrogen-bond donors (Lipinski definition) is 2. The Labute approximate surface area is 163 Å². The number of furan rings is 1. The third-order valence-electron chi connectivity index (χ3n) is 3.81. The van der Waals surface area contributed by atoms with E-state index in [2.05, 4.69) is 20.8 Å². The monoisotopic (exact) mass is 399 g/mol. The van der Waals surface area contributed by atoms with Gasteiger partial charge in [-0.25, -0.2) is 0 Å². The normalized spacial score (nSPS) is 11.0. The fourth-order valence-electron chi connectivity index (χ4n) is 2.49. The second-order valence-corrected chi connectivity index (χ2v) is 5.99. The van der Waals surface area contributed by atoms with Crippen molar-refractivity contribution in [2.24, 2.45) is 14.1 Å². The van der Waals surface area contributed by atoms with Crippen LogP contribution in [0.4, 0.5) is 11.6 Å². The van der Waals surface area contributed by atoms with Gasteiger partial charge < -0.3 is 15.1 Å². The molecule has 12 nitrogen and oxygen atoms in total. The van der Waals surface area contributed by atoms with Gasteiger partial charge in [-0.15, -0.1) is 0 Å². The Morgan fingerprint density at radius 1 is 1.28 bits per heavy atom. The average Bonchev–Trinajstić information content (AvgIpc) is 3.39. The lowest BCUT2D eigenvalue weighted by atomic mass is 10.3. The van der Waals surface area contributed by atoms with Gasteiger partial charge in [-0.3, -0.25) is 29.1 Å². The number of nitrogens with zero attached hydrogens (tertiary/aromatic N) is 5. The lowest BCUT2D eigenvalue weighted by Gasteiger charge is -2.07. The largest absolute Gasteiger partial charge is 0.433 e. The number of aromatic nitrogens is 4. The van der Waals surface area contributed by atoms with Crippen molar-refractivity contribution < 1.29 is 18.9 Å². The second-order valence-electron chi connectivity index (χ2n) is 5.99. The van der Waals surface area contributed by atoms with Gasteiger partial charge in [-0.1, -0.05) is 0 Å². The summed E-state index contributed by atoms with van der Waals surface area (Å²) in [6.07, 6.45) is 7.17. The van der Waals surface area contributed by atoms with Crippen LogP contribution in [0.25, 0.3) is 6.08 Å². The molecule has 2 N–H and O–H groups in total. The third-order valence-corrected chi connectivity index (χ3v) is 3.81. The van der Waals surface area contributed by atoms with Gasteiger partial charge >= 0.3 is 5.88 Å². The molecule has 150 valence electrons. The number of carbonyl (C=O) groups is 2. The fourth-order valence-corrected chi connectivity index (χ4v) is 2.49. The van der Waals surface area contributed by atoms with E-state index in [1.54, 1.807) is 31.2 Å². The Morgan fingerprint density at radius 2 is 2.07 bits per heavy atom. The quantitative estimate of drug-likeness (QED) is 0.345. The van der Waals surface area contributed by atoms with E-state index in [0.717, 1.165) is 11.6 Å². The molecule has 3 aromatic heterocycles. The van der Waals surface area contributed by atoms with Gasteiger partial charge in [0, 0.05) is 38.5 Å². The molecule has 29 heavy (non-hydrogen) atoms. The minimum absolute atomic E-state index is 0.146. The second kappa shape index (κ2) is 8.21. The van der Waals surface area contributed by atoms with Gasteiger partial charge in [0.05, 0.1) is 24.1 Å². The van der Waals surface area contributed by atoms with Crippen molar-refractivity contribution in [2.45, 2.75) is 6.54 Å². The molecule has 0 fully saturated rings. The van der Waals surface area contributed by atoms with Crippen molar-refractivity contribution in [3.8, 4) is 0 Å². The molecule has 12 heteroatoms. The highest BCUT2D eigenvalue weighted by molar-refractivity contribution is 6.06. The summed E-state index contributed by atoms with van der Waals surface area (Å²) in [5, 5.41) is 23.9. The first-order chi connectivity index (χ1) is 13.8. The van der Waals surface area contributed by atoms with Gasteiger partial charge in [-0.2, -0.15) is 10.2 Å². The van der Waals surface area contributed by atoms with Crippen molar-refractivity contribution in [1.29, 1.82) is 0 Å². The SMILES string of the molecule is Cn1cc(CNC(=O)c2c(NC(=O)/C=C/c3ccc([N+](=O)[O-])o3)cnn2C)cn1. The number of nitro groups is 1. The lowest BCUT2D eigenvalue weighted by molar-refractivity contribution is -0.402. The van der Waals surface area contributed by atoms with Crippen LogP contribution >= 0.6 is 0 Å². The summed E-state index contributed by atoms with van der Waals surface area (Å²) < 4.78 is 7.90. The van der Waals surface area contributed by atoms with Gasteiger partial charge in [0.2, 0.25) is 5.91 Å². The van der Waals surface area contributed by atoms with Gasteiger partial charge in [0.15, 0.2) is 0 Å². The van der Waals surface area contributed by atoms with Crippen LogP contribution in [0.3, 0.4) is 0 Å². The minimum atomic E-state index is -0.677. The topological polar surface area (TPSA) is 150 Å². The highest BCUT2D eigenvalue weighted by Crippen LogP contribution is 2.17. The van der Waals surface area contributed by atoms with Crippen molar-refractivity contribution in [1.82, 2.24) is 24.9 Å². The van der Waals surface area contributed by atoms with E-state index in [4.69, 9.17) is 4.42 Å². The Balaban J connectivity index is 1.64. The first-order valence-electron chi connectivity index (χ1n) is 8.34. The standard InChI is InChI=1S/C17H17N7O5/c1-22-10-11(8-19-22)7-18-17(26)16-13(9-20-23(16)2)21-14(25)5-3-12-4-6-15(29-12)24(27)28/h3-6,8-10H,7H2,1-2H3,(H,18,26)(H,21,25)/b5-3+. The summed E-state index contributed by atoms with van der Waals surface area (Å²) in [6.45, 7) is 0.266. The van der Waals surface area contributed by atoms with E-state index in [-0.39, 0.29) is 23.7 Å². The zero-order chi connectivity index (χ0) is 21.0. The van der Waals surface area contributed by atoms with Crippen LogP contribution in [0.15, 0.2) is 41.2 Å². The number of nitrogens with one attached hydrogen (secondary N) is 2. The van der Waals surface area contributed by atoms with Crippen LogP contribution in [0.2, 0.25) is 0 Å². The first-order valence-corrected chi connectivity index (χ1v) is 8.34. The number of hydrogen-bond acceptors (Lipinski definition) is 7. The number of carbonyl (C=O) groups excluding carboxylic acids is 2. The molecule has 0 spiro atoms. The molecular formula is C17H17N7O5. The van der Waals surface area contributed by atoms with E-state index >= 15 is 0 Å². The van der Waals surface area contributed by atoms with E-state index in [9.17, 15) is 19.7 Å². The summed E-state index contributed by atoms with van der Waals surface area (Å²) in [4.78, 5) is 34.6. The van der Waals surface area contributed by atoms with Gasteiger partial charge in [-0.05, 0) is 12.1 Å². The van der Waals surface area contributed by atoms with Crippen LogP contribution in [-0.2, 0) is 25.4 Å². The smallest absolute Gasteiger partial charge is 0.401 e. The van der Waals surface area contributed by atoms with Crippen LogP contribution in [0.1, 0.15) is 21.8 Å². The molecule has 3 rings (SSSR count). The molecule has 0 aromatic carbocycles. The molecule has 0 saturated carbocycles. The Bertz CT molecular complexity index is 1090. The van der Waals surface area contributed by atoms with Crippen LogP contribution in [0, 0.1) is 10.1 Å². The van der Waals surface area contributed by atoms with E-state index in [1.807, 2.05) is 0 Å². The van der Waals surface area contributed by atoms with Crippen molar-refractivity contribution >= 4 is 29.5 Å². The highest BCUT2D eigenvalue weighted by atomic mass is 16.6. The zero-order valence-corrected chi connectivity index (χ0v) is 15.5. The molecular weight excluding hydrogens is 382 g/mol. The maximum atomic E-state index is 12.5. The van der Waals surface area contributed by atoms with E-state index in [0.29, 0.717) is 0 Å². The Hall–Kier alpha value is -4.22. The summed E-state index contributed by atoms with van der Waals surface area (Å²) in [5.41, 5.74) is 1.21. The fraction of sp³-hybridized carbons (Fsp3) is 0.176. The van der Waals surface area contributed by atoms with E-state index in [1.165, 1.54) is 29.1 Å². The van der Waals surface area contributed by atoms with Gasteiger partial charge in [0.1, 0.15) is 16.4 Å². The molecule has 3 aromatic rings. The van der Waals surface area contributed by atoms with Crippen LogP contribution in [-0.4, -0.2) is 36.3 Å². The lowest BCUT2D eigenvalue weighted by Crippen LogP contribution is -2.26. The average molecular weight is 399 g/mol. The third kappa shape index (κ3) is 4.74. The Morgan fingerprint density at radius 3 is 2.72 bits per heavy atom. The van der Waals surface area contributed by atoms with Crippen LogP contribution < -0.4 is 10.6 Å². The van der Waals surface area contributed by atoms with Crippen molar-refractivity contribution in [3.05, 3.63) is 63.9 Å². The predicted molar refractivity (Wildman–Crippen MR) is 101 cm³/mol. The summed E-state index contributed by atoms with van der Waals surface area (Å²) in [7, 11) is 3.35. The van der Waals surface area contributed by atoms with Crippen molar-refractivity contribution in [3.63, 3.8) is 0 Å². The molecule has 3 heterocycles. The number of rotatable bonds is 7. The molecule has 0 bridgehead atoms. The summed E-state index contributed by atoms with van der Waals surface area (Å²) in [6, 6.07) is 2.55. The molecule has 2 amide bonds. The number of anilines is 1. The summed E-state index contributed by atoms with van der Waals surface area (Å²) in [5.74, 6) is -1.26. The molecule has 0 aliphatic carbocycles.